The molecule has 1 amide bonds. The van der Waals surface area contributed by atoms with Gasteiger partial charge in [0.25, 0.3) is 0 Å². The molecule has 3 heterocycles. The molecule has 0 saturated carbocycles. The molecule has 3 aromatic rings. The fourth-order valence-electron chi connectivity index (χ4n) is 3.43. The number of rotatable bonds is 2. The van der Waals surface area contributed by atoms with Gasteiger partial charge in [0.1, 0.15) is 5.60 Å². The van der Waals surface area contributed by atoms with Crippen molar-refractivity contribution in [3.8, 4) is 11.3 Å². The first-order valence-corrected chi connectivity index (χ1v) is 10.5. The minimum atomic E-state index is -0.471. The first-order chi connectivity index (χ1) is 13.8. The molecule has 0 aliphatic carbocycles. The third kappa shape index (κ3) is 4.58. The maximum Gasteiger partial charge on any atom is 0.410 e. The van der Waals surface area contributed by atoms with Gasteiger partial charge in [0.2, 0.25) is 0 Å². The Bertz CT molecular complexity index is 1030. The van der Waals surface area contributed by atoms with Crippen LogP contribution in [0, 0.1) is 0 Å². The first kappa shape index (κ1) is 19.8. The van der Waals surface area contributed by atoms with Crippen molar-refractivity contribution >= 4 is 33.1 Å². The van der Waals surface area contributed by atoms with Crippen LogP contribution in [-0.2, 0) is 4.74 Å². The lowest BCUT2D eigenvalue weighted by Gasteiger charge is -2.33. The second-order valence-corrected chi connectivity index (χ2v) is 9.21. The molecule has 1 aliphatic heterocycles. The Hall–Kier alpha value is -2.48. The first-order valence-electron chi connectivity index (χ1n) is 9.73. The standard InChI is InChI=1S/C21H24BrN5O2/c1-21(2,3)29-20(28)26-8-6-16(7-9-26)27-13-14(11-24-27)19-12-23-17-5-4-15(22)10-18(17)25-19/h4-5,10-13,16H,6-9H2,1-3H3. The van der Waals surface area contributed by atoms with Crippen LogP contribution in [0.5, 0.6) is 0 Å². The van der Waals surface area contributed by atoms with E-state index in [-0.39, 0.29) is 12.1 Å². The van der Waals surface area contributed by atoms with Crippen molar-refractivity contribution in [2.24, 2.45) is 0 Å². The van der Waals surface area contributed by atoms with Crippen molar-refractivity contribution in [1.82, 2.24) is 24.6 Å². The summed E-state index contributed by atoms with van der Waals surface area (Å²) in [5.41, 5.74) is 2.97. The van der Waals surface area contributed by atoms with Crippen LogP contribution in [0.4, 0.5) is 4.79 Å². The number of aromatic nitrogens is 4. The van der Waals surface area contributed by atoms with E-state index in [2.05, 4.69) is 26.0 Å². The summed E-state index contributed by atoms with van der Waals surface area (Å²) in [6.07, 6.45) is 7.07. The van der Waals surface area contributed by atoms with Gasteiger partial charge in [0.05, 0.1) is 35.2 Å². The van der Waals surface area contributed by atoms with Gasteiger partial charge in [-0.2, -0.15) is 5.10 Å². The highest BCUT2D eigenvalue weighted by atomic mass is 79.9. The average Bonchev–Trinajstić information content (AvgIpc) is 3.16. The second-order valence-electron chi connectivity index (χ2n) is 8.30. The fourth-order valence-corrected chi connectivity index (χ4v) is 3.78. The van der Waals surface area contributed by atoms with Crippen molar-refractivity contribution in [3.05, 3.63) is 41.3 Å². The molecule has 1 aromatic carbocycles. The van der Waals surface area contributed by atoms with Gasteiger partial charge in [-0.25, -0.2) is 9.78 Å². The number of likely N-dealkylation sites (tertiary alicyclic amines) is 1. The largest absolute Gasteiger partial charge is 0.444 e. The van der Waals surface area contributed by atoms with Crippen LogP contribution in [0.1, 0.15) is 39.7 Å². The summed E-state index contributed by atoms with van der Waals surface area (Å²) in [6.45, 7) is 6.99. The predicted octanol–water partition coefficient (Wildman–Crippen LogP) is 4.83. The molecule has 8 heteroatoms. The van der Waals surface area contributed by atoms with E-state index in [0.717, 1.165) is 39.6 Å². The number of amides is 1. The Kier molecular flexibility index (Phi) is 5.29. The zero-order valence-electron chi connectivity index (χ0n) is 16.8. The fraction of sp³-hybridized carbons (Fsp3) is 0.429. The zero-order valence-corrected chi connectivity index (χ0v) is 18.4. The Morgan fingerprint density at radius 2 is 1.93 bits per heavy atom. The number of carbonyl (C=O) groups is 1. The monoisotopic (exact) mass is 457 g/mol. The highest BCUT2D eigenvalue weighted by Crippen LogP contribution is 2.26. The van der Waals surface area contributed by atoms with Crippen LogP contribution in [0.2, 0.25) is 0 Å². The summed E-state index contributed by atoms with van der Waals surface area (Å²) in [5, 5.41) is 4.55. The lowest BCUT2D eigenvalue weighted by atomic mass is 10.1. The molecule has 1 saturated heterocycles. The van der Waals surface area contributed by atoms with Crippen LogP contribution in [0.25, 0.3) is 22.3 Å². The minimum absolute atomic E-state index is 0.241. The molecule has 0 atom stereocenters. The summed E-state index contributed by atoms with van der Waals surface area (Å²) in [5.74, 6) is 0. The number of benzene rings is 1. The van der Waals surface area contributed by atoms with Crippen molar-refractivity contribution in [2.45, 2.75) is 45.3 Å². The van der Waals surface area contributed by atoms with E-state index in [4.69, 9.17) is 9.72 Å². The number of hydrogen-bond acceptors (Lipinski definition) is 5. The van der Waals surface area contributed by atoms with E-state index in [9.17, 15) is 4.79 Å². The molecule has 1 fully saturated rings. The molecule has 0 N–H and O–H groups in total. The summed E-state index contributed by atoms with van der Waals surface area (Å²) in [4.78, 5) is 23.2. The van der Waals surface area contributed by atoms with Gasteiger partial charge in [0, 0.05) is 29.3 Å². The number of fused-ring (bicyclic) bond motifs is 1. The van der Waals surface area contributed by atoms with Crippen LogP contribution < -0.4 is 0 Å². The lowest BCUT2D eigenvalue weighted by molar-refractivity contribution is 0.0185. The molecular formula is C21H24BrN5O2. The lowest BCUT2D eigenvalue weighted by Crippen LogP contribution is -2.42. The van der Waals surface area contributed by atoms with Gasteiger partial charge < -0.3 is 9.64 Å². The topological polar surface area (TPSA) is 73.1 Å². The second kappa shape index (κ2) is 7.74. The van der Waals surface area contributed by atoms with Crippen LogP contribution in [0.3, 0.4) is 0 Å². The van der Waals surface area contributed by atoms with Gasteiger partial charge in [-0.15, -0.1) is 0 Å². The van der Waals surface area contributed by atoms with E-state index in [0.29, 0.717) is 13.1 Å². The number of carbonyl (C=O) groups excluding carboxylic acids is 1. The molecule has 7 nitrogen and oxygen atoms in total. The Morgan fingerprint density at radius 1 is 1.17 bits per heavy atom. The third-order valence-corrected chi connectivity index (χ3v) is 5.39. The third-order valence-electron chi connectivity index (χ3n) is 4.89. The van der Waals surface area contributed by atoms with E-state index >= 15 is 0 Å². The van der Waals surface area contributed by atoms with Gasteiger partial charge in [-0.05, 0) is 51.8 Å². The van der Waals surface area contributed by atoms with Crippen LogP contribution in [-0.4, -0.2) is 49.4 Å². The molecule has 29 heavy (non-hydrogen) atoms. The van der Waals surface area contributed by atoms with Gasteiger partial charge >= 0.3 is 6.09 Å². The molecule has 2 aromatic heterocycles. The van der Waals surface area contributed by atoms with E-state index < -0.39 is 5.60 Å². The minimum Gasteiger partial charge on any atom is -0.444 e. The highest BCUT2D eigenvalue weighted by Gasteiger charge is 2.28. The summed E-state index contributed by atoms with van der Waals surface area (Å²) >= 11 is 3.48. The Labute approximate surface area is 178 Å². The van der Waals surface area contributed by atoms with E-state index in [1.165, 1.54) is 0 Å². The van der Waals surface area contributed by atoms with E-state index in [1.807, 2.05) is 56.0 Å². The number of piperidine rings is 1. The maximum atomic E-state index is 12.2. The summed E-state index contributed by atoms with van der Waals surface area (Å²) in [6, 6.07) is 6.11. The quantitative estimate of drug-likeness (QED) is 0.550. The molecule has 1 aliphatic rings. The van der Waals surface area contributed by atoms with Crippen LogP contribution >= 0.6 is 15.9 Å². The zero-order chi connectivity index (χ0) is 20.6. The van der Waals surface area contributed by atoms with E-state index in [1.54, 1.807) is 11.1 Å². The van der Waals surface area contributed by atoms with Crippen molar-refractivity contribution < 1.29 is 9.53 Å². The SMILES string of the molecule is CC(C)(C)OC(=O)N1CCC(n2cc(-c3cnc4ccc(Br)cc4n3)cn2)CC1. The number of nitrogens with zero attached hydrogens (tertiary/aromatic N) is 5. The molecule has 0 unspecified atom stereocenters. The highest BCUT2D eigenvalue weighted by molar-refractivity contribution is 9.10. The van der Waals surface area contributed by atoms with Crippen molar-refractivity contribution in [1.29, 1.82) is 0 Å². The molecular weight excluding hydrogens is 434 g/mol. The molecule has 0 radical (unpaired) electrons. The summed E-state index contributed by atoms with van der Waals surface area (Å²) < 4.78 is 8.43. The van der Waals surface area contributed by atoms with Gasteiger partial charge in [-0.1, -0.05) is 15.9 Å². The van der Waals surface area contributed by atoms with Crippen LogP contribution in [0.15, 0.2) is 41.3 Å². The molecule has 0 spiro atoms. The molecule has 0 bridgehead atoms. The predicted molar refractivity (Wildman–Crippen MR) is 115 cm³/mol. The normalized spacial score (nSPS) is 15.7. The number of halogens is 1. The average molecular weight is 458 g/mol. The van der Waals surface area contributed by atoms with Crippen molar-refractivity contribution in [3.63, 3.8) is 0 Å². The number of hydrogen-bond donors (Lipinski definition) is 0. The van der Waals surface area contributed by atoms with Gasteiger partial charge in [-0.3, -0.25) is 9.67 Å². The smallest absolute Gasteiger partial charge is 0.410 e. The molecule has 152 valence electrons. The van der Waals surface area contributed by atoms with Gasteiger partial charge in [0.15, 0.2) is 0 Å². The Morgan fingerprint density at radius 3 is 2.66 bits per heavy atom. The van der Waals surface area contributed by atoms with Crippen molar-refractivity contribution in [2.75, 3.05) is 13.1 Å². The Balaban J connectivity index is 1.44. The molecule has 4 rings (SSSR count). The maximum absolute atomic E-state index is 12.2. The summed E-state index contributed by atoms with van der Waals surface area (Å²) in [7, 11) is 0. The number of ether oxygens (including phenoxy) is 1.